The predicted octanol–water partition coefficient (Wildman–Crippen LogP) is 4.14. The molecular weight excluding hydrogens is 449 g/mol. The molecule has 0 radical (unpaired) electrons. The molecule has 0 aromatic heterocycles. The van der Waals surface area contributed by atoms with E-state index in [4.69, 9.17) is 0 Å². The van der Waals surface area contributed by atoms with Gasteiger partial charge in [0.25, 0.3) is 0 Å². The van der Waals surface area contributed by atoms with Crippen LogP contribution in [-0.2, 0) is 0 Å². The Balaban J connectivity index is 0.00000225. The second-order valence-corrected chi connectivity index (χ2v) is 6.27. The van der Waals surface area contributed by atoms with E-state index in [0.29, 0.717) is 31.7 Å². The highest BCUT2D eigenvalue weighted by molar-refractivity contribution is 5.85. The monoisotopic (exact) mass is 467 g/mol. The molecule has 0 amide bonds. The van der Waals surface area contributed by atoms with Crippen LogP contribution in [-0.4, -0.2) is 42.5 Å². The van der Waals surface area contributed by atoms with Gasteiger partial charge in [-0.1, -0.05) is 12.1 Å². The number of nitrogens with one attached hydrogen (secondary N) is 1. The topological polar surface area (TPSA) is 68.5 Å². The highest BCUT2D eigenvalue weighted by Gasteiger charge is 2.32. The van der Waals surface area contributed by atoms with Gasteiger partial charge in [-0.25, -0.2) is 4.39 Å². The summed E-state index contributed by atoms with van der Waals surface area (Å²) in [4.78, 5) is 1.94. The summed E-state index contributed by atoms with van der Waals surface area (Å²) in [5, 5.41) is 23.0. The first kappa shape index (κ1) is 25.8. The van der Waals surface area contributed by atoms with Crippen molar-refractivity contribution in [3.8, 4) is 17.6 Å². The SMILES string of the molecule is Cl.Cl.N#Cc1ccc(F)c(O)c1[C@H](c1ccc(OC(F)(F)F)cc1)N1CCNCC1. The largest absolute Gasteiger partial charge is 0.573 e. The number of nitriles is 1. The molecule has 0 spiro atoms. The van der Waals surface area contributed by atoms with E-state index in [1.54, 1.807) is 0 Å². The van der Waals surface area contributed by atoms with Crippen LogP contribution < -0.4 is 10.1 Å². The van der Waals surface area contributed by atoms with E-state index in [0.717, 1.165) is 18.2 Å². The Hall–Kier alpha value is -2.25. The van der Waals surface area contributed by atoms with Crippen LogP contribution in [0.3, 0.4) is 0 Å². The summed E-state index contributed by atoms with van der Waals surface area (Å²) in [6.45, 7) is 2.38. The molecule has 30 heavy (non-hydrogen) atoms. The van der Waals surface area contributed by atoms with Gasteiger partial charge in [-0.2, -0.15) is 5.26 Å². The van der Waals surface area contributed by atoms with E-state index in [1.165, 1.54) is 18.2 Å². The van der Waals surface area contributed by atoms with Crippen molar-refractivity contribution >= 4 is 24.8 Å². The van der Waals surface area contributed by atoms with E-state index in [-0.39, 0.29) is 41.7 Å². The van der Waals surface area contributed by atoms with Gasteiger partial charge in [0.1, 0.15) is 5.75 Å². The zero-order valence-electron chi connectivity index (χ0n) is 15.4. The van der Waals surface area contributed by atoms with Crippen molar-refractivity contribution in [2.24, 2.45) is 0 Å². The minimum atomic E-state index is -4.81. The highest BCUT2D eigenvalue weighted by Crippen LogP contribution is 2.39. The van der Waals surface area contributed by atoms with Crippen molar-refractivity contribution in [1.82, 2.24) is 10.2 Å². The average molecular weight is 468 g/mol. The van der Waals surface area contributed by atoms with Crippen molar-refractivity contribution in [2.75, 3.05) is 26.2 Å². The molecule has 2 aromatic carbocycles. The summed E-state index contributed by atoms with van der Waals surface area (Å²) in [6, 6.07) is 8.67. The highest BCUT2D eigenvalue weighted by atomic mass is 35.5. The van der Waals surface area contributed by atoms with Crippen molar-refractivity contribution in [3.05, 3.63) is 58.9 Å². The maximum Gasteiger partial charge on any atom is 0.573 e. The molecule has 164 valence electrons. The summed E-state index contributed by atoms with van der Waals surface area (Å²) in [5.74, 6) is -1.90. The summed E-state index contributed by atoms with van der Waals surface area (Å²) >= 11 is 0. The van der Waals surface area contributed by atoms with Crippen LogP contribution in [0.1, 0.15) is 22.7 Å². The number of ether oxygens (including phenoxy) is 1. The number of rotatable bonds is 4. The molecular formula is C19H19Cl2F4N3O2. The zero-order chi connectivity index (χ0) is 20.3. The standard InChI is InChI=1S/C19H17F4N3O2.2ClH/c20-15-6-3-13(11-24)16(18(15)27)17(26-9-7-25-8-10-26)12-1-4-14(5-2-12)28-19(21,22)23;;/h1-6,17,25,27H,7-10H2;2*1H/t17-;;/m0../s1. The van der Waals surface area contributed by atoms with Gasteiger partial charge in [0.15, 0.2) is 11.6 Å². The Morgan fingerprint density at radius 3 is 2.20 bits per heavy atom. The van der Waals surface area contributed by atoms with Crippen LogP contribution in [0.5, 0.6) is 11.5 Å². The molecule has 0 unspecified atom stereocenters. The predicted molar refractivity (Wildman–Crippen MR) is 107 cm³/mol. The van der Waals surface area contributed by atoms with Gasteiger partial charge in [0, 0.05) is 31.7 Å². The summed E-state index contributed by atoms with van der Waals surface area (Å²) in [5.41, 5.74) is 0.695. The number of benzene rings is 2. The molecule has 0 saturated carbocycles. The Morgan fingerprint density at radius 2 is 1.67 bits per heavy atom. The Morgan fingerprint density at radius 1 is 1.07 bits per heavy atom. The van der Waals surface area contributed by atoms with Gasteiger partial charge in [0.2, 0.25) is 0 Å². The van der Waals surface area contributed by atoms with Crippen LogP contribution in [0.4, 0.5) is 17.6 Å². The molecule has 1 aliphatic rings. The molecule has 0 aliphatic carbocycles. The van der Waals surface area contributed by atoms with Gasteiger partial charge in [-0.3, -0.25) is 4.90 Å². The average Bonchev–Trinajstić information content (AvgIpc) is 2.66. The Kier molecular flexibility index (Phi) is 9.18. The molecule has 0 bridgehead atoms. The van der Waals surface area contributed by atoms with Crippen LogP contribution in [0.25, 0.3) is 0 Å². The Bertz CT molecular complexity index is 883. The van der Waals surface area contributed by atoms with E-state index in [9.17, 15) is 27.9 Å². The molecule has 1 heterocycles. The van der Waals surface area contributed by atoms with E-state index < -0.39 is 24.0 Å². The summed E-state index contributed by atoms with van der Waals surface area (Å²) in [7, 11) is 0. The number of hydrogen-bond donors (Lipinski definition) is 2. The van der Waals surface area contributed by atoms with Crippen molar-refractivity contribution in [2.45, 2.75) is 12.4 Å². The lowest BCUT2D eigenvalue weighted by molar-refractivity contribution is -0.274. The van der Waals surface area contributed by atoms with Gasteiger partial charge in [-0.15, -0.1) is 38.0 Å². The third-order valence-corrected chi connectivity index (χ3v) is 4.51. The molecule has 1 aliphatic heterocycles. The summed E-state index contributed by atoms with van der Waals surface area (Å²) in [6.07, 6.45) is -4.81. The van der Waals surface area contributed by atoms with Crippen molar-refractivity contribution in [1.29, 1.82) is 5.26 Å². The third-order valence-electron chi connectivity index (χ3n) is 4.51. The third kappa shape index (κ3) is 5.89. The van der Waals surface area contributed by atoms with E-state index in [1.807, 2.05) is 11.0 Å². The number of alkyl halides is 3. The second-order valence-electron chi connectivity index (χ2n) is 6.27. The fraction of sp³-hybridized carbons (Fsp3) is 0.316. The fourth-order valence-corrected chi connectivity index (χ4v) is 3.31. The summed E-state index contributed by atoms with van der Waals surface area (Å²) < 4.78 is 55.2. The molecule has 5 nitrogen and oxygen atoms in total. The number of phenolic OH excluding ortho intramolecular Hbond substituents is 1. The van der Waals surface area contributed by atoms with Crippen LogP contribution >= 0.6 is 24.8 Å². The molecule has 1 saturated heterocycles. The van der Waals surface area contributed by atoms with Crippen molar-refractivity contribution < 1.29 is 27.4 Å². The minimum Gasteiger partial charge on any atom is -0.505 e. The van der Waals surface area contributed by atoms with Gasteiger partial charge in [0.05, 0.1) is 17.7 Å². The molecule has 3 rings (SSSR count). The number of phenols is 1. The molecule has 2 N–H and O–H groups in total. The molecule has 2 aromatic rings. The maximum atomic E-state index is 14.1. The Labute approximate surface area is 183 Å². The fourth-order valence-electron chi connectivity index (χ4n) is 3.31. The number of hydrogen-bond acceptors (Lipinski definition) is 5. The maximum absolute atomic E-state index is 14.1. The number of nitrogens with zero attached hydrogens (tertiary/aromatic N) is 2. The van der Waals surface area contributed by atoms with Gasteiger partial charge >= 0.3 is 6.36 Å². The smallest absolute Gasteiger partial charge is 0.505 e. The first-order valence-electron chi connectivity index (χ1n) is 8.52. The van der Waals surface area contributed by atoms with E-state index >= 15 is 0 Å². The van der Waals surface area contributed by atoms with Gasteiger partial charge in [-0.05, 0) is 29.8 Å². The first-order valence-corrected chi connectivity index (χ1v) is 8.52. The van der Waals surface area contributed by atoms with Gasteiger partial charge < -0.3 is 15.2 Å². The normalized spacial score (nSPS) is 15.3. The lowest BCUT2D eigenvalue weighted by Gasteiger charge is -2.36. The zero-order valence-corrected chi connectivity index (χ0v) is 17.1. The van der Waals surface area contributed by atoms with E-state index in [2.05, 4.69) is 10.1 Å². The number of halogens is 6. The first-order chi connectivity index (χ1) is 13.3. The second kappa shape index (κ2) is 10.7. The molecule has 1 atom stereocenters. The van der Waals surface area contributed by atoms with Crippen LogP contribution in [0, 0.1) is 17.1 Å². The van der Waals surface area contributed by atoms with Crippen molar-refractivity contribution in [3.63, 3.8) is 0 Å². The number of piperazine rings is 1. The lowest BCUT2D eigenvalue weighted by atomic mass is 9.91. The molecule has 11 heteroatoms. The molecule has 1 fully saturated rings. The lowest BCUT2D eigenvalue weighted by Crippen LogP contribution is -2.45. The quantitative estimate of drug-likeness (QED) is 0.661. The van der Waals surface area contributed by atoms with Crippen LogP contribution in [0.15, 0.2) is 36.4 Å². The number of aromatic hydroxyl groups is 1. The minimum absolute atomic E-state index is 0. The van der Waals surface area contributed by atoms with Crippen LogP contribution in [0.2, 0.25) is 0 Å².